The van der Waals surface area contributed by atoms with Gasteiger partial charge in [0.05, 0.1) is 6.61 Å². The lowest BCUT2D eigenvalue weighted by molar-refractivity contribution is 0.279. The predicted octanol–water partition coefficient (Wildman–Crippen LogP) is 7.03. The fraction of sp³-hybridized carbons (Fsp3) is 0.500. The molecule has 0 saturated carbocycles. The normalized spacial score (nSPS) is 12.3. The molecule has 166 valence electrons. The van der Waals surface area contributed by atoms with Gasteiger partial charge in [-0.2, -0.15) is 0 Å². The zero-order valence-corrected chi connectivity index (χ0v) is 20.5. The molecule has 0 aliphatic rings. The Bertz CT molecular complexity index is 822. The summed E-state index contributed by atoms with van der Waals surface area (Å²) in [5.74, 6) is 1.73. The Morgan fingerprint density at radius 1 is 0.733 bits per heavy atom. The van der Waals surface area contributed by atoms with E-state index in [2.05, 4.69) is 0 Å². The SMILES string of the molecule is CCOP(Oc1cc(C)c(O)c(C(C)(C)C)c1)Oc1cc(C)c(O)c(C(C)(C)C)c1. The average molecular weight is 435 g/mol. The molecule has 0 aromatic heterocycles. The summed E-state index contributed by atoms with van der Waals surface area (Å²) < 4.78 is 17.9. The van der Waals surface area contributed by atoms with Gasteiger partial charge in [-0.05, 0) is 67.0 Å². The van der Waals surface area contributed by atoms with Crippen LogP contribution in [0.2, 0.25) is 0 Å². The van der Waals surface area contributed by atoms with Crippen molar-refractivity contribution in [3.8, 4) is 23.0 Å². The summed E-state index contributed by atoms with van der Waals surface area (Å²) in [7, 11) is -1.72. The molecule has 2 N–H and O–H groups in total. The number of phenols is 2. The minimum atomic E-state index is -1.72. The van der Waals surface area contributed by atoms with Gasteiger partial charge in [-0.3, -0.25) is 4.52 Å². The van der Waals surface area contributed by atoms with Gasteiger partial charge in [0.2, 0.25) is 0 Å². The number of phenolic OH excluding ortho intramolecular Hbond substituents is 2. The van der Waals surface area contributed by atoms with Crippen molar-refractivity contribution in [2.75, 3.05) is 6.61 Å². The average Bonchev–Trinajstić information content (AvgIpc) is 2.59. The number of aryl methyl sites for hydroxylation is 2. The minimum absolute atomic E-state index is 0.237. The molecule has 6 heteroatoms. The van der Waals surface area contributed by atoms with Crippen molar-refractivity contribution in [1.29, 1.82) is 0 Å². The summed E-state index contributed by atoms with van der Waals surface area (Å²) in [6.07, 6.45) is 0. The number of aromatic hydroxyl groups is 2. The van der Waals surface area contributed by atoms with Crippen LogP contribution in [-0.2, 0) is 15.4 Å². The zero-order chi connectivity index (χ0) is 22.9. The molecule has 0 aliphatic heterocycles. The highest BCUT2D eigenvalue weighted by atomic mass is 31.2. The van der Waals surface area contributed by atoms with E-state index in [1.54, 1.807) is 12.1 Å². The molecule has 0 atom stereocenters. The van der Waals surface area contributed by atoms with Crippen molar-refractivity contribution in [1.82, 2.24) is 0 Å². The van der Waals surface area contributed by atoms with Crippen molar-refractivity contribution < 1.29 is 23.8 Å². The number of rotatable bonds is 6. The summed E-state index contributed by atoms with van der Waals surface area (Å²) in [5, 5.41) is 20.9. The number of hydrogen-bond acceptors (Lipinski definition) is 5. The van der Waals surface area contributed by atoms with Gasteiger partial charge in [0.1, 0.15) is 23.0 Å². The van der Waals surface area contributed by atoms with E-state index < -0.39 is 8.60 Å². The molecule has 2 aromatic carbocycles. The summed E-state index contributed by atoms with van der Waals surface area (Å²) >= 11 is 0. The maximum absolute atomic E-state index is 10.5. The van der Waals surface area contributed by atoms with Crippen LogP contribution in [0.1, 0.15) is 70.7 Å². The summed E-state index contributed by atoms with van der Waals surface area (Å²) in [6.45, 7) is 18.3. The van der Waals surface area contributed by atoms with Crippen molar-refractivity contribution in [2.24, 2.45) is 0 Å². The maximum atomic E-state index is 10.5. The highest BCUT2D eigenvalue weighted by molar-refractivity contribution is 7.42. The third-order valence-corrected chi connectivity index (χ3v) is 5.95. The quantitative estimate of drug-likeness (QED) is 0.478. The molecule has 0 aliphatic carbocycles. The smallest absolute Gasteiger partial charge is 0.463 e. The van der Waals surface area contributed by atoms with Gasteiger partial charge in [-0.1, -0.05) is 41.5 Å². The second kappa shape index (κ2) is 9.03. The molecule has 30 heavy (non-hydrogen) atoms. The Labute approximate surface area is 182 Å². The van der Waals surface area contributed by atoms with Gasteiger partial charge >= 0.3 is 8.60 Å². The Morgan fingerprint density at radius 3 is 1.40 bits per heavy atom. The molecule has 0 radical (unpaired) electrons. The molecule has 0 unspecified atom stereocenters. The first-order chi connectivity index (χ1) is 13.7. The number of hydrogen-bond donors (Lipinski definition) is 2. The van der Waals surface area contributed by atoms with Crippen LogP contribution in [0.3, 0.4) is 0 Å². The van der Waals surface area contributed by atoms with E-state index in [0.717, 1.165) is 22.3 Å². The molecule has 5 nitrogen and oxygen atoms in total. The van der Waals surface area contributed by atoms with Gasteiger partial charge in [-0.25, -0.2) is 0 Å². The second-order valence-corrected chi connectivity index (χ2v) is 10.7. The summed E-state index contributed by atoms with van der Waals surface area (Å²) in [5.41, 5.74) is 2.61. The highest BCUT2D eigenvalue weighted by Crippen LogP contribution is 2.46. The van der Waals surface area contributed by atoms with Crippen LogP contribution in [-0.4, -0.2) is 16.8 Å². The predicted molar refractivity (Wildman–Crippen MR) is 123 cm³/mol. The van der Waals surface area contributed by atoms with E-state index >= 15 is 0 Å². The van der Waals surface area contributed by atoms with Gasteiger partial charge in [0.25, 0.3) is 0 Å². The molecular formula is C24H35O5P. The van der Waals surface area contributed by atoms with Crippen molar-refractivity contribution in [2.45, 2.75) is 73.1 Å². The molecule has 0 spiro atoms. The Balaban J connectivity index is 2.37. The van der Waals surface area contributed by atoms with E-state index in [-0.39, 0.29) is 22.3 Å². The van der Waals surface area contributed by atoms with Crippen LogP contribution in [0.15, 0.2) is 24.3 Å². The van der Waals surface area contributed by atoms with E-state index in [1.165, 1.54) is 0 Å². The largest absolute Gasteiger partial charge is 0.507 e. The molecule has 0 amide bonds. The van der Waals surface area contributed by atoms with E-state index in [1.807, 2.05) is 74.4 Å². The first-order valence-electron chi connectivity index (χ1n) is 10.2. The lowest BCUT2D eigenvalue weighted by Crippen LogP contribution is -2.13. The van der Waals surface area contributed by atoms with Crippen LogP contribution in [0.5, 0.6) is 23.0 Å². The second-order valence-electron chi connectivity index (χ2n) is 9.60. The summed E-state index contributed by atoms with van der Waals surface area (Å²) in [6, 6.07) is 7.24. The van der Waals surface area contributed by atoms with Crippen molar-refractivity contribution in [3.63, 3.8) is 0 Å². The van der Waals surface area contributed by atoms with Crippen LogP contribution >= 0.6 is 8.60 Å². The minimum Gasteiger partial charge on any atom is -0.507 e. The monoisotopic (exact) mass is 434 g/mol. The van der Waals surface area contributed by atoms with E-state index in [9.17, 15) is 10.2 Å². The first-order valence-corrected chi connectivity index (χ1v) is 11.3. The first kappa shape index (κ1) is 24.3. The third kappa shape index (κ3) is 5.80. The highest BCUT2D eigenvalue weighted by Gasteiger charge is 2.25. The van der Waals surface area contributed by atoms with Crippen molar-refractivity contribution in [3.05, 3.63) is 46.5 Å². The fourth-order valence-corrected chi connectivity index (χ4v) is 4.00. The molecule has 0 heterocycles. The Kier molecular flexibility index (Phi) is 7.32. The molecule has 0 fully saturated rings. The van der Waals surface area contributed by atoms with Crippen molar-refractivity contribution >= 4 is 8.60 Å². The van der Waals surface area contributed by atoms with Crippen LogP contribution in [0.4, 0.5) is 0 Å². The Morgan fingerprint density at radius 2 is 1.10 bits per heavy atom. The Hall–Kier alpha value is -1.97. The van der Waals surface area contributed by atoms with Gasteiger partial charge in [0.15, 0.2) is 0 Å². The van der Waals surface area contributed by atoms with Gasteiger partial charge in [0, 0.05) is 11.1 Å². The van der Waals surface area contributed by atoms with Crippen LogP contribution < -0.4 is 9.05 Å². The fourth-order valence-electron chi connectivity index (χ4n) is 3.09. The lowest BCUT2D eigenvalue weighted by atomic mass is 9.85. The van der Waals surface area contributed by atoms with E-state index in [4.69, 9.17) is 13.6 Å². The summed E-state index contributed by atoms with van der Waals surface area (Å²) in [4.78, 5) is 0. The standard InChI is InChI=1S/C24H35O5P/c1-10-27-30(28-17-11-15(2)21(25)19(13-17)23(4,5)6)29-18-12-16(3)22(26)20(14-18)24(7,8)9/h11-14,25-26H,10H2,1-9H3. The zero-order valence-electron chi connectivity index (χ0n) is 19.6. The molecule has 2 rings (SSSR count). The van der Waals surface area contributed by atoms with Gasteiger partial charge < -0.3 is 19.3 Å². The molecule has 2 aromatic rings. The number of benzene rings is 2. The molecular weight excluding hydrogens is 399 g/mol. The third-order valence-electron chi connectivity index (χ3n) is 4.76. The van der Waals surface area contributed by atoms with Crippen LogP contribution in [0.25, 0.3) is 0 Å². The topological polar surface area (TPSA) is 68.2 Å². The molecule has 0 bridgehead atoms. The lowest BCUT2D eigenvalue weighted by Gasteiger charge is -2.25. The van der Waals surface area contributed by atoms with Gasteiger partial charge in [-0.15, -0.1) is 0 Å². The van der Waals surface area contributed by atoms with E-state index in [0.29, 0.717) is 18.1 Å². The maximum Gasteiger partial charge on any atom is 0.463 e. The van der Waals surface area contributed by atoms with Crippen LogP contribution in [0, 0.1) is 13.8 Å². The molecule has 0 saturated heterocycles.